The highest BCUT2D eigenvalue weighted by atomic mass is 32.1. The van der Waals surface area contributed by atoms with Gasteiger partial charge in [-0.15, -0.1) is 11.3 Å². The lowest BCUT2D eigenvalue weighted by atomic mass is 9.81. The summed E-state index contributed by atoms with van der Waals surface area (Å²) < 4.78 is 8.91. The fraction of sp³-hybridized carbons (Fsp3) is 0.0588. The molecule has 2 heteroatoms. The molecule has 0 fully saturated rings. The number of fused-ring (bicyclic) bond motifs is 7. The normalized spacial score (nSPS) is 15.7. The van der Waals surface area contributed by atoms with E-state index in [1.54, 1.807) is 0 Å². The van der Waals surface area contributed by atoms with Crippen LogP contribution < -0.4 is 0 Å². The van der Waals surface area contributed by atoms with Crippen molar-refractivity contribution in [1.82, 2.24) is 0 Å². The Labute approximate surface area is 212 Å². The van der Waals surface area contributed by atoms with Crippen molar-refractivity contribution in [2.45, 2.75) is 12.3 Å². The lowest BCUT2D eigenvalue weighted by Crippen LogP contribution is -2.00. The van der Waals surface area contributed by atoms with E-state index in [0.29, 0.717) is 5.92 Å². The first-order chi connectivity index (χ1) is 17.9. The van der Waals surface area contributed by atoms with Crippen LogP contribution >= 0.6 is 11.3 Å². The summed E-state index contributed by atoms with van der Waals surface area (Å²) >= 11 is 1.82. The van der Waals surface area contributed by atoms with Gasteiger partial charge in [0.2, 0.25) is 0 Å². The van der Waals surface area contributed by atoms with Crippen molar-refractivity contribution in [3.05, 3.63) is 121 Å². The van der Waals surface area contributed by atoms with Gasteiger partial charge in [-0.1, -0.05) is 97.1 Å². The van der Waals surface area contributed by atoms with Gasteiger partial charge in [0.1, 0.15) is 0 Å². The molecule has 5 aromatic carbocycles. The zero-order chi connectivity index (χ0) is 23.6. The molecule has 1 aliphatic rings. The van der Waals surface area contributed by atoms with Gasteiger partial charge < -0.3 is 4.42 Å². The van der Waals surface area contributed by atoms with Gasteiger partial charge in [-0.2, -0.15) is 0 Å². The maximum Gasteiger partial charge on any atom is 0.152 e. The molecule has 36 heavy (non-hydrogen) atoms. The first kappa shape index (κ1) is 20.1. The Balaban J connectivity index is 1.49. The number of furan rings is 1. The molecule has 0 saturated heterocycles. The fourth-order valence-corrected chi connectivity index (χ4v) is 7.31. The van der Waals surface area contributed by atoms with Crippen molar-refractivity contribution < 1.29 is 4.42 Å². The van der Waals surface area contributed by atoms with Crippen LogP contribution in [0.25, 0.3) is 63.8 Å². The summed E-state index contributed by atoms with van der Waals surface area (Å²) in [4.78, 5) is 0. The maximum atomic E-state index is 6.38. The molecule has 0 aliphatic heterocycles. The van der Waals surface area contributed by atoms with Gasteiger partial charge in [-0.25, -0.2) is 0 Å². The summed E-state index contributed by atoms with van der Waals surface area (Å²) in [6.07, 6.45) is 12.0. The van der Waals surface area contributed by atoms with Crippen LogP contribution in [0.15, 0.2) is 120 Å². The molecule has 1 unspecified atom stereocenters. The zero-order valence-electron chi connectivity index (χ0n) is 19.6. The summed E-state index contributed by atoms with van der Waals surface area (Å²) in [5.74, 6) is 0.373. The number of rotatable bonds is 2. The number of allylic oxidation sites excluding steroid dienone is 4. The van der Waals surface area contributed by atoms with Gasteiger partial charge in [0, 0.05) is 37.9 Å². The predicted molar refractivity (Wildman–Crippen MR) is 155 cm³/mol. The number of hydrogen-bond acceptors (Lipinski definition) is 2. The molecule has 0 bridgehead atoms. The Kier molecular flexibility index (Phi) is 4.29. The Bertz CT molecular complexity index is 1970. The standard InChI is InChI=1S/C34H22OS/c1-2-10-21(11-3-1)31-23-13-4-6-15-25(23)32(26-16-7-5-14-24(26)31)29-20-35-33-27(29)18-19-28-22-12-8-9-17-30(22)36-34(28)33/h1-10,12-21H,11H2. The van der Waals surface area contributed by atoms with E-state index in [4.69, 9.17) is 4.42 Å². The SMILES string of the molecule is C1=CCC(c2c3ccccc3c(-c3coc4c3ccc3c5ccccc5sc34)c3ccccc23)C=C1. The number of hydrogen-bond donors (Lipinski definition) is 0. The lowest BCUT2D eigenvalue weighted by Gasteiger charge is -2.22. The van der Waals surface area contributed by atoms with Crippen LogP contribution in [0.2, 0.25) is 0 Å². The monoisotopic (exact) mass is 478 g/mol. The second-order valence-corrected chi connectivity index (χ2v) is 10.7. The van der Waals surface area contributed by atoms with Crippen LogP contribution in [-0.4, -0.2) is 0 Å². The molecule has 0 radical (unpaired) electrons. The Morgan fingerprint density at radius 2 is 1.31 bits per heavy atom. The molecule has 0 spiro atoms. The molecule has 1 nitrogen and oxygen atoms in total. The van der Waals surface area contributed by atoms with E-state index in [0.717, 1.165) is 12.0 Å². The van der Waals surface area contributed by atoms with Crippen LogP contribution in [0.5, 0.6) is 0 Å². The van der Waals surface area contributed by atoms with Gasteiger partial charge in [0.05, 0.1) is 11.0 Å². The Morgan fingerprint density at radius 3 is 2.03 bits per heavy atom. The summed E-state index contributed by atoms with van der Waals surface area (Å²) in [5, 5.41) is 8.97. The highest BCUT2D eigenvalue weighted by Crippen LogP contribution is 2.47. The van der Waals surface area contributed by atoms with Gasteiger partial charge in [-0.3, -0.25) is 0 Å². The third-order valence-corrected chi connectivity index (χ3v) is 8.87. The van der Waals surface area contributed by atoms with Crippen LogP contribution in [0.3, 0.4) is 0 Å². The third kappa shape index (κ3) is 2.76. The highest BCUT2D eigenvalue weighted by Gasteiger charge is 2.22. The van der Waals surface area contributed by atoms with Crippen LogP contribution in [0.1, 0.15) is 17.9 Å². The Hall–Kier alpha value is -4.14. The number of benzene rings is 5. The molecule has 1 aliphatic carbocycles. The van der Waals surface area contributed by atoms with Crippen molar-refractivity contribution in [1.29, 1.82) is 0 Å². The fourth-order valence-electron chi connectivity index (χ4n) is 6.11. The second-order valence-electron chi connectivity index (χ2n) is 9.60. The van der Waals surface area contributed by atoms with E-state index in [1.807, 2.05) is 17.6 Å². The molecule has 0 amide bonds. The molecule has 7 aromatic rings. The second kappa shape index (κ2) is 7.68. The average molecular weight is 479 g/mol. The van der Waals surface area contributed by atoms with Gasteiger partial charge in [-0.05, 0) is 45.7 Å². The molecular weight excluding hydrogens is 456 g/mol. The molecule has 2 aromatic heterocycles. The summed E-state index contributed by atoms with van der Waals surface area (Å²) in [6.45, 7) is 0. The quantitative estimate of drug-likeness (QED) is 0.225. The molecule has 0 saturated carbocycles. The minimum absolute atomic E-state index is 0.373. The summed E-state index contributed by atoms with van der Waals surface area (Å²) in [6, 6.07) is 30.9. The van der Waals surface area contributed by atoms with E-state index in [2.05, 4.69) is 109 Å². The van der Waals surface area contributed by atoms with Crippen molar-refractivity contribution >= 4 is 64.0 Å². The van der Waals surface area contributed by atoms with Gasteiger partial charge in [0.25, 0.3) is 0 Å². The van der Waals surface area contributed by atoms with Gasteiger partial charge >= 0.3 is 0 Å². The minimum atomic E-state index is 0.373. The lowest BCUT2D eigenvalue weighted by molar-refractivity contribution is 0.621. The van der Waals surface area contributed by atoms with Crippen molar-refractivity contribution in [3.63, 3.8) is 0 Å². The van der Waals surface area contributed by atoms with E-state index >= 15 is 0 Å². The third-order valence-electron chi connectivity index (χ3n) is 7.68. The molecule has 1 atom stereocenters. The largest absolute Gasteiger partial charge is 0.462 e. The van der Waals surface area contributed by atoms with Crippen molar-refractivity contribution in [2.24, 2.45) is 0 Å². The van der Waals surface area contributed by atoms with Crippen LogP contribution in [0, 0.1) is 0 Å². The minimum Gasteiger partial charge on any atom is -0.462 e. The maximum absolute atomic E-state index is 6.38. The van der Waals surface area contributed by atoms with E-state index < -0.39 is 0 Å². The van der Waals surface area contributed by atoms with Crippen LogP contribution in [0.4, 0.5) is 0 Å². The first-order valence-corrected chi connectivity index (χ1v) is 13.3. The smallest absolute Gasteiger partial charge is 0.152 e. The molecule has 8 rings (SSSR count). The first-order valence-electron chi connectivity index (χ1n) is 12.5. The predicted octanol–water partition coefficient (Wildman–Crippen LogP) is 10.4. The molecule has 2 heterocycles. The van der Waals surface area contributed by atoms with Crippen LogP contribution in [-0.2, 0) is 0 Å². The van der Waals surface area contributed by atoms with Crippen molar-refractivity contribution in [3.8, 4) is 11.1 Å². The zero-order valence-corrected chi connectivity index (χ0v) is 20.4. The summed E-state index contributed by atoms with van der Waals surface area (Å²) in [5.41, 5.74) is 4.84. The van der Waals surface area contributed by atoms with E-state index in [9.17, 15) is 0 Å². The van der Waals surface area contributed by atoms with E-state index in [-0.39, 0.29) is 0 Å². The summed E-state index contributed by atoms with van der Waals surface area (Å²) in [7, 11) is 0. The molecule has 170 valence electrons. The van der Waals surface area contributed by atoms with E-state index in [1.165, 1.54) is 63.8 Å². The topological polar surface area (TPSA) is 13.1 Å². The number of thiophene rings is 1. The van der Waals surface area contributed by atoms with Crippen molar-refractivity contribution in [2.75, 3.05) is 0 Å². The average Bonchev–Trinajstić information content (AvgIpc) is 3.54. The molecular formula is C34H22OS. The highest BCUT2D eigenvalue weighted by molar-refractivity contribution is 7.26. The Morgan fingerprint density at radius 1 is 0.639 bits per heavy atom. The molecule has 0 N–H and O–H groups in total. The van der Waals surface area contributed by atoms with Gasteiger partial charge in [0.15, 0.2) is 5.58 Å².